The Morgan fingerprint density at radius 2 is 1.70 bits per heavy atom. The molecular weight excluding hydrogens is 244 g/mol. The smallest absolute Gasteiger partial charge is 0.0107 e. The van der Waals surface area contributed by atoms with Crippen LogP contribution in [0.1, 0.15) is 72.1 Å². The molecule has 0 aromatic rings. The van der Waals surface area contributed by atoms with Crippen LogP contribution in [0.15, 0.2) is 0 Å². The van der Waals surface area contributed by atoms with Gasteiger partial charge in [0.05, 0.1) is 0 Å². The first kappa shape index (κ1) is 18.0. The lowest BCUT2D eigenvalue weighted by molar-refractivity contribution is 0.228. The van der Waals surface area contributed by atoms with Crippen molar-refractivity contribution in [3.8, 4) is 0 Å². The Labute approximate surface area is 127 Å². The normalized spacial score (nSPS) is 21.6. The molecule has 0 aromatic carbocycles. The maximum atomic E-state index is 3.36. The third kappa shape index (κ3) is 8.97. The molecule has 0 aromatic heterocycles. The Balaban J connectivity index is 0.000000204. The van der Waals surface area contributed by atoms with E-state index in [1.165, 1.54) is 84.1 Å². The van der Waals surface area contributed by atoms with Crippen LogP contribution in [0, 0.1) is 11.8 Å². The fourth-order valence-electron chi connectivity index (χ4n) is 3.26. The zero-order valence-corrected chi connectivity index (χ0v) is 14.3. The highest BCUT2D eigenvalue weighted by Crippen LogP contribution is 2.26. The van der Waals surface area contributed by atoms with Gasteiger partial charge >= 0.3 is 0 Å². The largest absolute Gasteiger partial charge is 0.314 e. The summed E-state index contributed by atoms with van der Waals surface area (Å²) >= 11 is 0. The molecule has 0 spiro atoms. The first-order valence-corrected chi connectivity index (χ1v) is 9.15. The Morgan fingerprint density at radius 1 is 1.05 bits per heavy atom. The molecule has 0 atom stereocenters. The summed E-state index contributed by atoms with van der Waals surface area (Å²) < 4.78 is 0. The third-order valence-corrected chi connectivity index (χ3v) is 4.65. The minimum Gasteiger partial charge on any atom is -0.314 e. The maximum Gasteiger partial charge on any atom is 0.0107 e. The van der Waals surface area contributed by atoms with Gasteiger partial charge in [-0.15, -0.1) is 0 Å². The number of nitrogens with one attached hydrogen (secondary N) is 1. The van der Waals surface area contributed by atoms with Gasteiger partial charge in [0.2, 0.25) is 0 Å². The number of hydrogen-bond donors (Lipinski definition) is 1. The van der Waals surface area contributed by atoms with Crippen LogP contribution < -0.4 is 5.32 Å². The van der Waals surface area contributed by atoms with Crippen LogP contribution in [-0.4, -0.2) is 37.6 Å². The topological polar surface area (TPSA) is 15.3 Å². The van der Waals surface area contributed by atoms with Crippen molar-refractivity contribution in [2.45, 2.75) is 72.1 Å². The summed E-state index contributed by atoms with van der Waals surface area (Å²) in [4.78, 5) is 2.55. The van der Waals surface area contributed by atoms with E-state index in [0.29, 0.717) is 0 Å². The number of hydrogen-bond acceptors (Lipinski definition) is 2. The van der Waals surface area contributed by atoms with Crippen molar-refractivity contribution < 1.29 is 0 Å². The molecule has 1 aliphatic heterocycles. The molecule has 1 aliphatic carbocycles. The second-order valence-corrected chi connectivity index (χ2v) is 7.07. The number of nitrogens with zero attached hydrogens (tertiary/aromatic N) is 1. The molecule has 0 bridgehead atoms. The molecule has 2 fully saturated rings. The zero-order valence-electron chi connectivity index (χ0n) is 14.3. The molecule has 1 N–H and O–H groups in total. The van der Waals surface area contributed by atoms with Gasteiger partial charge in [-0.1, -0.05) is 65.7 Å². The van der Waals surface area contributed by atoms with E-state index in [1.54, 1.807) is 0 Å². The lowest BCUT2D eigenvalue weighted by atomic mass is 9.86. The number of piperazine rings is 1. The fourth-order valence-corrected chi connectivity index (χ4v) is 3.26. The van der Waals surface area contributed by atoms with Gasteiger partial charge < -0.3 is 10.2 Å². The van der Waals surface area contributed by atoms with E-state index < -0.39 is 0 Å². The van der Waals surface area contributed by atoms with Gasteiger partial charge in [0.1, 0.15) is 0 Å². The van der Waals surface area contributed by atoms with E-state index in [4.69, 9.17) is 0 Å². The molecular formula is C18H38N2. The van der Waals surface area contributed by atoms with Gasteiger partial charge in [-0.05, 0) is 24.8 Å². The summed E-state index contributed by atoms with van der Waals surface area (Å²) in [6.45, 7) is 13.0. The van der Waals surface area contributed by atoms with Crippen molar-refractivity contribution >= 4 is 0 Å². The first-order chi connectivity index (χ1) is 9.72. The molecule has 120 valence electrons. The van der Waals surface area contributed by atoms with Crippen LogP contribution in [0.4, 0.5) is 0 Å². The van der Waals surface area contributed by atoms with Crippen LogP contribution in [0.3, 0.4) is 0 Å². The van der Waals surface area contributed by atoms with Gasteiger partial charge in [-0.2, -0.15) is 0 Å². The molecule has 20 heavy (non-hydrogen) atoms. The van der Waals surface area contributed by atoms with Gasteiger partial charge in [0.25, 0.3) is 0 Å². The first-order valence-electron chi connectivity index (χ1n) is 9.15. The minimum absolute atomic E-state index is 0.852. The standard InChI is InChI=1S/C9H20N2.C9H18/c1-9(2)3-6-11-7-4-10-5-8-11;1-2-6-9-7-4-3-5-8-9/h9-10H,3-8H2,1-2H3;9H,2-8H2,1H3. The maximum absolute atomic E-state index is 3.36. The van der Waals surface area contributed by atoms with E-state index in [0.717, 1.165) is 11.8 Å². The fraction of sp³-hybridized carbons (Fsp3) is 1.00. The van der Waals surface area contributed by atoms with Crippen LogP contribution in [-0.2, 0) is 0 Å². The summed E-state index contributed by atoms with van der Waals surface area (Å²) in [5, 5.41) is 3.36. The Kier molecular flexibility index (Phi) is 10.4. The number of rotatable bonds is 5. The van der Waals surface area contributed by atoms with E-state index in [-0.39, 0.29) is 0 Å². The van der Waals surface area contributed by atoms with Gasteiger partial charge in [0, 0.05) is 26.2 Å². The molecule has 1 heterocycles. The van der Waals surface area contributed by atoms with Crippen molar-refractivity contribution in [3.63, 3.8) is 0 Å². The molecule has 0 radical (unpaired) electrons. The Morgan fingerprint density at radius 3 is 2.25 bits per heavy atom. The average Bonchev–Trinajstić information content (AvgIpc) is 2.48. The molecule has 1 saturated carbocycles. The minimum atomic E-state index is 0.852. The zero-order chi connectivity index (χ0) is 14.6. The summed E-state index contributed by atoms with van der Waals surface area (Å²) in [6, 6.07) is 0. The van der Waals surface area contributed by atoms with E-state index in [9.17, 15) is 0 Å². The molecule has 2 aliphatic rings. The van der Waals surface area contributed by atoms with E-state index in [1.807, 2.05) is 0 Å². The highest BCUT2D eigenvalue weighted by atomic mass is 15.2. The Bertz CT molecular complexity index is 201. The van der Waals surface area contributed by atoms with Gasteiger partial charge in [-0.25, -0.2) is 0 Å². The average molecular weight is 283 g/mol. The molecule has 1 saturated heterocycles. The second-order valence-electron chi connectivity index (χ2n) is 7.07. The molecule has 2 nitrogen and oxygen atoms in total. The monoisotopic (exact) mass is 282 g/mol. The third-order valence-electron chi connectivity index (χ3n) is 4.65. The highest BCUT2D eigenvalue weighted by molar-refractivity contribution is 4.67. The van der Waals surface area contributed by atoms with E-state index in [2.05, 4.69) is 31.0 Å². The molecule has 2 rings (SSSR count). The Hall–Kier alpha value is -0.0800. The molecule has 0 unspecified atom stereocenters. The summed E-state index contributed by atoms with van der Waals surface area (Å²) in [5.74, 6) is 1.95. The lowest BCUT2D eigenvalue weighted by Gasteiger charge is -2.27. The quantitative estimate of drug-likeness (QED) is 0.808. The van der Waals surface area contributed by atoms with Crippen molar-refractivity contribution in [1.29, 1.82) is 0 Å². The van der Waals surface area contributed by atoms with Crippen molar-refractivity contribution in [2.24, 2.45) is 11.8 Å². The summed E-state index contributed by atoms with van der Waals surface area (Å²) in [6.07, 6.45) is 11.8. The van der Waals surface area contributed by atoms with Crippen molar-refractivity contribution in [2.75, 3.05) is 32.7 Å². The molecule has 0 amide bonds. The summed E-state index contributed by atoms with van der Waals surface area (Å²) in [7, 11) is 0. The summed E-state index contributed by atoms with van der Waals surface area (Å²) in [5.41, 5.74) is 0. The lowest BCUT2D eigenvalue weighted by Crippen LogP contribution is -2.43. The van der Waals surface area contributed by atoms with Crippen LogP contribution >= 0.6 is 0 Å². The SMILES string of the molecule is CC(C)CCN1CCNCC1.CCCC1CCCCC1. The highest BCUT2D eigenvalue weighted by Gasteiger charge is 2.11. The van der Waals surface area contributed by atoms with Crippen molar-refractivity contribution in [3.05, 3.63) is 0 Å². The molecule has 2 heteroatoms. The van der Waals surface area contributed by atoms with Gasteiger partial charge in [0.15, 0.2) is 0 Å². The predicted octanol–water partition coefficient (Wildman–Crippen LogP) is 4.30. The van der Waals surface area contributed by atoms with Crippen LogP contribution in [0.5, 0.6) is 0 Å². The van der Waals surface area contributed by atoms with E-state index >= 15 is 0 Å². The van der Waals surface area contributed by atoms with Crippen molar-refractivity contribution in [1.82, 2.24) is 10.2 Å². The predicted molar refractivity (Wildman–Crippen MR) is 90.2 cm³/mol. The second kappa shape index (κ2) is 11.6. The van der Waals surface area contributed by atoms with Gasteiger partial charge in [-0.3, -0.25) is 0 Å². The van der Waals surface area contributed by atoms with Crippen LogP contribution in [0.25, 0.3) is 0 Å². The van der Waals surface area contributed by atoms with Crippen LogP contribution in [0.2, 0.25) is 0 Å².